The smallest absolute Gasteiger partial charge is 0.230 e. The van der Waals surface area contributed by atoms with Crippen LogP contribution in [0, 0.1) is 6.07 Å². The number of phenols is 1. The summed E-state index contributed by atoms with van der Waals surface area (Å²) in [5.41, 5.74) is 7.96. The number of pyridine rings is 1. The van der Waals surface area contributed by atoms with E-state index < -0.39 is 0 Å². The molecule has 0 saturated carbocycles. The van der Waals surface area contributed by atoms with Gasteiger partial charge in [0, 0.05) is 33.0 Å². The molecule has 4 aromatic carbocycles. The van der Waals surface area contributed by atoms with Gasteiger partial charge < -0.3 is 9.52 Å². The number of para-hydroxylation sites is 2. The first-order valence-corrected chi connectivity index (χ1v) is 11.4. The van der Waals surface area contributed by atoms with Gasteiger partial charge in [0.05, 0.1) is 11.1 Å². The number of hydrogen-bond donors (Lipinski definition) is 1. The predicted molar refractivity (Wildman–Crippen MR) is 138 cm³/mol. The van der Waals surface area contributed by atoms with E-state index in [9.17, 15) is 5.11 Å². The minimum Gasteiger partial charge on any atom is -0.507 e. The second kappa shape index (κ2) is 10.3. The molecule has 0 amide bonds. The van der Waals surface area contributed by atoms with Gasteiger partial charge in [0.25, 0.3) is 0 Å². The summed E-state index contributed by atoms with van der Waals surface area (Å²) in [5.74, 6) is 0.519. The Kier molecular flexibility index (Phi) is 6.79. The Balaban J connectivity index is 0.00000267. The number of phenolic OH excluding ortho intramolecular Hbond substituents is 1. The molecule has 36 heavy (non-hydrogen) atoms. The number of aromatic hydroxyl groups is 1. The molecule has 0 aliphatic rings. The summed E-state index contributed by atoms with van der Waals surface area (Å²) in [4.78, 5) is 9.33. The number of fused-ring (bicyclic) bond motifs is 1. The van der Waals surface area contributed by atoms with Gasteiger partial charge in [0.15, 0.2) is 0 Å². The van der Waals surface area contributed by atoms with E-state index in [2.05, 4.69) is 47.4 Å². The van der Waals surface area contributed by atoms with Crippen molar-refractivity contribution in [3.8, 4) is 39.6 Å². The number of oxazole rings is 1. The summed E-state index contributed by atoms with van der Waals surface area (Å²) >= 11 is 0. The molecule has 6 rings (SSSR count). The van der Waals surface area contributed by atoms with Crippen LogP contribution in [-0.2, 0) is 27.5 Å². The summed E-state index contributed by atoms with van der Waals surface area (Å²) in [5, 5.41) is 10.3. The van der Waals surface area contributed by atoms with Gasteiger partial charge in [-0.3, -0.25) is 4.98 Å². The van der Waals surface area contributed by atoms with Crippen LogP contribution in [0.1, 0.15) is 11.1 Å². The molecule has 0 spiro atoms. The third-order valence-corrected chi connectivity index (χ3v) is 6.03. The molecule has 5 heteroatoms. The fourth-order valence-electron chi connectivity index (χ4n) is 4.32. The Morgan fingerprint density at radius 1 is 0.750 bits per heavy atom. The first kappa shape index (κ1) is 23.7. The Morgan fingerprint density at radius 2 is 1.53 bits per heavy atom. The molecule has 0 aliphatic carbocycles. The number of benzene rings is 4. The van der Waals surface area contributed by atoms with E-state index in [1.807, 2.05) is 48.5 Å². The van der Waals surface area contributed by atoms with E-state index in [0.717, 1.165) is 39.9 Å². The van der Waals surface area contributed by atoms with Crippen molar-refractivity contribution >= 4 is 11.1 Å². The first-order chi connectivity index (χ1) is 17.3. The minimum atomic E-state index is 0. The van der Waals surface area contributed by atoms with Gasteiger partial charge in [-0.25, -0.2) is 4.98 Å². The maximum Gasteiger partial charge on any atom is 0.230 e. The van der Waals surface area contributed by atoms with Crippen LogP contribution in [-0.4, -0.2) is 15.1 Å². The number of aromatic nitrogens is 2. The van der Waals surface area contributed by atoms with Gasteiger partial charge in [-0.1, -0.05) is 83.4 Å². The monoisotopic (exact) mass is 648 g/mol. The number of nitrogens with zero attached hydrogens (tertiary/aromatic N) is 2. The van der Waals surface area contributed by atoms with Gasteiger partial charge in [0.2, 0.25) is 5.89 Å². The molecule has 6 aromatic rings. The Bertz CT molecular complexity index is 1630. The van der Waals surface area contributed by atoms with Crippen LogP contribution < -0.4 is 0 Å². The van der Waals surface area contributed by atoms with Gasteiger partial charge in [-0.2, -0.15) is 0 Å². The van der Waals surface area contributed by atoms with Crippen molar-refractivity contribution in [3.63, 3.8) is 0 Å². The molecule has 0 fully saturated rings. The molecule has 4 nitrogen and oxygen atoms in total. The quantitative estimate of drug-likeness (QED) is 0.199. The second-order valence-corrected chi connectivity index (χ2v) is 8.34. The summed E-state index contributed by atoms with van der Waals surface area (Å²) in [6.07, 6.45) is 2.55. The molecule has 0 atom stereocenters. The van der Waals surface area contributed by atoms with E-state index in [4.69, 9.17) is 9.40 Å². The summed E-state index contributed by atoms with van der Waals surface area (Å²) in [6, 6.07) is 37.1. The maximum absolute atomic E-state index is 10.3. The van der Waals surface area contributed by atoms with Gasteiger partial charge in [-0.05, 0) is 30.7 Å². The van der Waals surface area contributed by atoms with E-state index in [0.29, 0.717) is 17.0 Å². The van der Waals surface area contributed by atoms with Gasteiger partial charge >= 0.3 is 0 Å². The van der Waals surface area contributed by atoms with Crippen molar-refractivity contribution in [1.29, 1.82) is 0 Å². The topological polar surface area (TPSA) is 59.2 Å². The van der Waals surface area contributed by atoms with Crippen molar-refractivity contribution in [2.75, 3.05) is 0 Å². The fourth-order valence-corrected chi connectivity index (χ4v) is 4.32. The van der Waals surface area contributed by atoms with Crippen LogP contribution in [0.25, 0.3) is 44.9 Å². The van der Waals surface area contributed by atoms with Crippen molar-refractivity contribution in [1.82, 2.24) is 9.97 Å². The van der Waals surface area contributed by atoms with Crippen LogP contribution in [0.3, 0.4) is 0 Å². The fraction of sp³-hybridized carbons (Fsp3) is 0.0323. The Morgan fingerprint density at radius 3 is 2.33 bits per heavy atom. The molecular formula is C31H21N2O2Pt-. The predicted octanol–water partition coefficient (Wildman–Crippen LogP) is 7.32. The first-order valence-electron chi connectivity index (χ1n) is 11.4. The van der Waals surface area contributed by atoms with E-state index in [-0.39, 0.29) is 26.8 Å². The van der Waals surface area contributed by atoms with Crippen LogP contribution in [0.5, 0.6) is 5.75 Å². The standard InChI is InChI=1S/C31H21N2O2.Pt/c34-28-14-5-4-11-25(28)31-33-30-24(12-8-15-29(30)35-31)26-20-23(27-13-6-7-18-32-27)17-16-22(26)19-21-9-2-1-3-10-21;/h1-18,34H,19H2;/q-1;. The molecular weight excluding hydrogens is 627 g/mol. The summed E-state index contributed by atoms with van der Waals surface area (Å²) < 4.78 is 6.07. The van der Waals surface area contributed by atoms with Crippen molar-refractivity contribution in [3.05, 3.63) is 127 Å². The average molecular weight is 649 g/mol. The molecule has 0 unspecified atom stereocenters. The van der Waals surface area contributed by atoms with Gasteiger partial charge in [-0.15, -0.1) is 29.3 Å². The Hall–Kier alpha value is -4.01. The van der Waals surface area contributed by atoms with E-state index in [1.165, 1.54) is 5.56 Å². The van der Waals surface area contributed by atoms with Crippen molar-refractivity contribution in [2.45, 2.75) is 6.42 Å². The maximum atomic E-state index is 10.3. The van der Waals surface area contributed by atoms with E-state index in [1.54, 1.807) is 24.4 Å². The Labute approximate surface area is 223 Å². The van der Waals surface area contributed by atoms with Gasteiger partial charge in [0.1, 0.15) is 11.3 Å². The number of rotatable bonds is 5. The number of hydrogen-bond acceptors (Lipinski definition) is 4. The molecule has 0 aliphatic heterocycles. The van der Waals surface area contributed by atoms with Crippen LogP contribution in [0.4, 0.5) is 0 Å². The third-order valence-electron chi connectivity index (χ3n) is 6.03. The average Bonchev–Trinajstić information content (AvgIpc) is 3.35. The molecule has 0 bridgehead atoms. The normalized spacial score (nSPS) is 10.8. The zero-order valence-corrected chi connectivity index (χ0v) is 21.4. The molecule has 0 saturated heterocycles. The summed E-state index contributed by atoms with van der Waals surface area (Å²) in [7, 11) is 0. The largest absolute Gasteiger partial charge is 0.507 e. The molecule has 2 aromatic heterocycles. The minimum absolute atomic E-state index is 0. The zero-order valence-electron chi connectivity index (χ0n) is 19.2. The van der Waals surface area contributed by atoms with E-state index >= 15 is 0 Å². The van der Waals surface area contributed by atoms with Crippen LogP contribution >= 0.6 is 0 Å². The second-order valence-electron chi connectivity index (χ2n) is 8.34. The molecule has 1 N–H and O–H groups in total. The van der Waals surface area contributed by atoms with Crippen LogP contribution in [0.15, 0.2) is 114 Å². The molecule has 0 radical (unpaired) electrons. The molecule has 178 valence electrons. The summed E-state index contributed by atoms with van der Waals surface area (Å²) in [6.45, 7) is 0. The zero-order chi connectivity index (χ0) is 23.6. The van der Waals surface area contributed by atoms with Crippen molar-refractivity contribution in [2.24, 2.45) is 0 Å². The third kappa shape index (κ3) is 4.60. The molecule has 2 heterocycles. The van der Waals surface area contributed by atoms with Crippen LogP contribution in [0.2, 0.25) is 0 Å². The SMILES string of the molecule is Oc1ccccc1-c1nc2c(-c3[c-]c(-c4ccccn4)ccc3Cc3ccccc3)cccc2o1.[Pt]. The van der Waals surface area contributed by atoms with Crippen molar-refractivity contribution < 1.29 is 30.6 Å².